The molecule has 1 aliphatic heterocycles. The third kappa shape index (κ3) is 2.99. The minimum absolute atomic E-state index is 0.0858. The number of aromatic nitrogens is 4. The molecule has 2 aromatic heterocycles. The molecule has 9 nitrogen and oxygen atoms in total. The van der Waals surface area contributed by atoms with Crippen molar-refractivity contribution in [2.24, 2.45) is 0 Å². The van der Waals surface area contributed by atoms with Gasteiger partial charge in [-0.05, 0) is 42.0 Å². The summed E-state index contributed by atoms with van der Waals surface area (Å²) >= 11 is 0. The second-order valence-corrected chi connectivity index (χ2v) is 8.52. The van der Waals surface area contributed by atoms with Gasteiger partial charge < -0.3 is 9.15 Å². The van der Waals surface area contributed by atoms with Gasteiger partial charge in [-0.25, -0.2) is 13.5 Å². The van der Waals surface area contributed by atoms with Crippen LogP contribution in [0, 0.1) is 6.92 Å². The zero-order chi connectivity index (χ0) is 19.9. The van der Waals surface area contributed by atoms with Gasteiger partial charge in [0.25, 0.3) is 0 Å². The highest BCUT2D eigenvalue weighted by Gasteiger charge is 2.34. The van der Waals surface area contributed by atoms with E-state index in [0.717, 1.165) is 12.8 Å². The molecule has 0 fully saturated rings. The maximum atomic E-state index is 12.8. The van der Waals surface area contributed by atoms with E-state index in [9.17, 15) is 13.2 Å². The third-order valence-corrected chi connectivity index (χ3v) is 6.30. The van der Waals surface area contributed by atoms with Crippen molar-refractivity contribution >= 4 is 9.84 Å². The average Bonchev–Trinajstić information content (AvgIpc) is 3.20. The van der Waals surface area contributed by atoms with Gasteiger partial charge in [-0.3, -0.25) is 4.79 Å². The van der Waals surface area contributed by atoms with Crippen LogP contribution in [-0.4, -0.2) is 35.6 Å². The highest BCUT2D eigenvalue weighted by Crippen LogP contribution is 2.40. The molecule has 10 heteroatoms. The Labute approximate surface area is 160 Å². The summed E-state index contributed by atoms with van der Waals surface area (Å²) in [5.74, 6) is 0.640. The molecule has 1 N–H and O–H groups in total. The monoisotopic (exact) mass is 402 g/mol. The van der Waals surface area contributed by atoms with Crippen molar-refractivity contribution in [3.05, 3.63) is 39.5 Å². The van der Waals surface area contributed by atoms with Gasteiger partial charge in [-0.2, -0.15) is 0 Å². The van der Waals surface area contributed by atoms with Crippen molar-refractivity contribution in [1.29, 1.82) is 0 Å². The highest BCUT2D eigenvalue weighted by atomic mass is 32.2. The SMILES string of the molecule is CCCCOc1ccc2c(c1)S(=O)(=O)Cc1c-2oc(-c2nnn[nH]2)c(C)c1=O. The number of nitrogens with one attached hydrogen (secondary N) is 1. The Morgan fingerprint density at radius 1 is 1.29 bits per heavy atom. The maximum absolute atomic E-state index is 12.8. The predicted molar refractivity (Wildman–Crippen MR) is 99.6 cm³/mol. The minimum atomic E-state index is -3.70. The summed E-state index contributed by atoms with van der Waals surface area (Å²) in [5, 5.41) is 13.4. The highest BCUT2D eigenvalue weighted by molar-refractivity contribution is 7.90. The number of sulfone groups is 1. The lowest BCUT2D eigenvalue weighted by molar-refractivity contribution is 0.308. The summed E-state index contributed by atoms with van der Waals surface area (Å²) in [6.45, 7) is 4.10. The number of H-pyrrole nitrogens is 1. The summed E-state index contributed by atoms with van der Waals surface area (Å²) in [5.41, 5.74) is 0.288. The molecular formula is C18H18N4O5S. The zero-order valence-electron chi connectivity index (χ0n) is 15.4. The average molecular weight is 402 g/mol. The van der Waals surface area contributed by atoms with Crippen LogP contribution in [0.4, 0.5) is 0 Å². The molecule has 3 heterocycles. The Morgan fingerprint density at radius 3 is 2.82 bits per heavy atom. The molecule has 0 aliphatic carbocycles. The number of unbranched alkanes of at least 4 members (excludes halogenated alkanes) is 1. The van der Waals surface area contributed by atoms with Crippen LogP contribution in [0.3, 0.4) is 0 Å². The lowest BCUT2D eigenvalue weighted by atomic mass is 10.0. The Kier molecular flexibility index (Phi) is 4.50. The van der Waals surface area contributed by atoms with Gasteiger partial charge in [0.05, 0.1) is 22.8 Å². The molecule has 0 atom stereocenters. The number of hydrogen-bond acceptors (Lipinski definition) is 8. The molecule has 0 amide bonds. The van der Waals surface area contributed by atoms with E-state index in [2.05, 4.69) is 20.6 Å². The second-order valence-electron chi connectivity index (χ2n) is 6.56. The van der Waals surface area contributed by atoms with E-state index in [1.165, 1.54) is 6.07 Å². The van der Waals surface area contributed by atoms with Gasteiger partial charge in [0.1, 0.15) is 11.5 Å². The number of fused-ring (bicyclic) bond motifs is 3. The standard InChI is InChI=1S/C18H18N4O5S/c1-3-4-7-26-11-5-6-12-14(8-11)28(24,25)9-13-15(23)10(2)16(27-17(12)13)18-19-21-22-20-18/h5-6,8H,3-4,7,9H2,1-2H3,(H,19,20,21,22). The first kappa shape index (κ1) is 18.4. The smallest absolute Gasteiger partial charge is 0.215 e. The number of tetrazole rings is 1. The van der Waals surface area contributed by atoms with E-state index < -0.39 is 21.0 Å². The number of aromatic amines is 1. The zero-order valence-corrected chi connectivity index (χ0v) is 16.2. The van der Waals surface area contributed by atoms with E-state index in [0.29, 0.717) is 17.9 Å². The molecule has 0 radical (unpaired) electrons. The van der Waals surface area contributed by atoms with Crippen LogP contribution in [0.15, 0.2) is 32.3 Å². The van der Waals surface area contributed by atoms with Gasteiger partial charge in [-0.1, -0.05) is 13.3 Å². The van der Waals surface area contributed by atoms with E-state index in [-0.39, 0.29) is 33.4 Å². The van der Waals surface area contributed by atoms with Crippen molar-refractivity contribution < 1.29 is 17.6 Å². The molecule has 0 unspecified atom stereocenters. The largest absolute Gasteiger partial charge is 0.494 e. The first-order valence-electron chi connectivity index (χ1n) is 8.83. The van der Waals surface area contributed by atoms with Crippen LogP contribution in [0.25, 0.3) is 22.9 Å². The quantitative estimate of drug-likeness (QED) is 0.644. The predicted octanol–water partition coefficient (Wildman–Crippen LogP) is 2.26. The van der Waals surface area contributed by atoms with E-state index in [1.807, 2.05) is 6.92 Å². The van der Waals surface area contributed by atoms with Gasteiger partial charge in [-0.15, -0.1) is 5.10 Å². The molecule has 1 aliphatic rings. The summed E-state index contributed by atoms with van der Waals surface area (Å²) in [4.78, 5) is 12.9. The Balaban J connectivity index is 1.89. The molecule has 146 valence electrons. The summed E-state index contributed by atoms with van der Waals surface area (Å²) in [6.07, 6.45) is 1.84. The molecular weight excluding hydrogens is 384 g/mol. The molecule has 3 aromatic rings. The lowest BCUT2D eigenvalue weighted by Crippen LogP contribution is -2.23. The fourth-order valence-corrected chi connectivity index (χ4v) is 4.73. The number of ether oxygens (including phenoxy) is 1. The Hall–Kier alpha value is -3.01. The summed E-state index contributed by atoms with van der Waals surface area (Å²) in [6, 6.07) is 4.76. The van der Waals surface area contributed by atoms with Crippen LogP contribution in [0.5, 0.6) is 5.75 Å². The molecule has 0 saturated carbocycles. The normalized spacial score (nSPS) is 14.4. The van der Waals surface area contributed by atoms with E-state index in [4.69, 9.17) is 9.15 Å². The van der Waals surface area contributed by atoms with E-state index in [1.54, 1.807) is 19.1 Å². The van der Waals surface area contributed by atoms with Gasteiger partial charge >= 0.3 is 0 Å². The second kappa shape index (κ2) is 6.86. The Bertz CT molecular complexity index is 1200. The fraction of sp³-hybridized carbons (Fsp3) is 0.333. The lowest BCUT2D eigenvalue weighted by Gasteiger charge is -2.20. The summed E-state index contributed by atoms with van der Waals surface area (Å²) in [7, 11) is -3.70. The maximum Gasteiger partial charge on any atom is 0.215 e. The van der Waals surface area contributed by atoms with Crippen LogP contribution in [-0.2, 0) is 15.6 Å². The van der Waals surface area contributed by atoms with Crippen LogP contribution >= 0.6 is 0 Å². The van der Waals surface area contributed by atoms with Crippen molar-refractivity contribution in [1.82, 2.24) is 20.6 Å². The molecule has 0 spiro atoms. The van der Waals surface area contributed by atoms with Gasteiger partial charge in [0.15, 0.2) is 21.0 Å². The first-order valence-corrected chi connectivity index (χ1v) is 10.5. The van der Waals surface area contributed by atoms with Crippen molar-refractivity contribution in [2.45, 2.75) is 37.3 Å². The van der Waals surface area contributed by atoms with Crippen LogP contribution < -0.4 is 10.2 Å². The first-order chi connectivity index (χ1) is 13.4. The molecule has 4 rings (SSSR count). The van der Waals surface area contributed by atoms with Crippen LogP contribution in [0.2, 0.25) is 0 Å². The third-order valence-electron chi connectivity index (χ3n) is 4.63. The molecule has 0 bridgehead atoms. The van der Waals surface area contributed by atoms with Crippen LogP contribution in [0.1, 0.15) is 30.9 Å². The number of benzene rings is 1. The topological polar surface area (TPSA) is 128 Å². The Morgan fingerprint density at radius 2 is 2.11 bits per heavy atom. The fourth-order valence-electron chi connectivity index (χ4n) is 3.14. The molecule has 0 saturated heterocycles. The molecule has 1 aromatic carbocycles. The summed E-state index contributed by atoms with van der Waals surface area (Å²) < 4.78 is 37.2. The van der Waals surface area contributed by atoms with Gasteiger partial charge in [0.2, 0.25) is 5.82 Å². The van der Waals surface area contributed by atoms with Crippen molar-refractivity contribution in [3.8, 4) is 28.7 Å². The number of rotatable bonds is 5. The van der Waals surface area contributed by atoms with Gasteiger partial charge in [0, 0.05) is 11.1 Å². The van der Waals surface area contributed by atoms with Crippen molar-refractivity contribution in [2.75, 3.05) is 6.61 Å². The molecule has 28 heavy (non-hydrogen) atoms. The number of hydrogen-bond donors (Lipinski definition) is 1. The van der Waals surface area contributed by atoms with E-state index >= 15 is 0 Å². The minimum Gasteiger partial charge on any atom is -0.494 e. The van der Waals surface area contributed by atoms with Crippen molar-refractivity contribution in [3.63, 3.8) is 0 Å². The number of nitrogens with zero attached hydrogens (tertiary/aromatic N) is 3.